The zero-order valence-electron chi connectivity index (χ0n) is 34.6. The molecule has 0 amide bonds. The highest BCUT2D eigenvalue weighted by molar-refractivity contribution is 6.22. The van der Waals surface area contributed by atoms with Crippen LogP contribution in [0.2, 0.25) is 0 Å². The van der Waals surface area contributed by atoms with Gasteiger partial charge in [-0.25, -0.2) is 0 Å². The molecule has 12 aromatic carbocycles. The first-order chi connectivity index (χ1) is 31.3. The Bertz CT molecular complexity index is 3660. The summed E-state index contributed by atoms with van der Waals surface area (Å²) in [4.78, 5) is 2.45. The predicted octanol–water partition coefficient (Wildman–Crippen LogP) is 17.6. The van der Waals surface area contributed by atoms with Gasteiger partial charge >= 0.3 is 0 Å². The Morgan fingerprint density at radius 1 is 0.222 bits per heavy atom. The molecule has 0 atom stereocenters. The molecule has 0 N–H and O–H groups in total. The van der Waals surface area contributed by atoms with E-state index in [1.165, 1.54) is 87.2 Å². The van der Waals surface area contributed by atoms with Crippen LogP contribution < -0.4 is 4.90 Å². The van der Waals surface area contributed by atoms with Crippen molar-refractivity contribution in [2.45, 2.75) is 0 Å². The summed E-state index contributed by atoms with van der Waals surface area (Å²) >= 11 is 0. The quantitative estimate of drug-likeness (QED) is 0.145. The normalized spacial score (nSPS) is 11.5. The van der Waals surface area contributed by atoms with Crippen LogP contribution in [0.1, 0.15) is 0 Å². The van der Waals surface area contributed by atoms with Crippen molar-refractivity contribution in [2.75, 3.05) is 4.90 Å². The predicted molar refractivity (Wildman–Crippen MR) is 270 cm³/mol. The molecule has 0 aromatic heterocycles. The molecule has 12 aromatic rings. The Hall–Kier alpha value is -8.26. The molecule has 63 heavy (non-hydrogen) atoms. The van der Waals surface area contributed by atoms with E-state index in [0.29, 0.717) is 0 Å². The monoisotopic (exact) mass is 799 g/mol. The second-order valence-corrected chi connectivity index (χ2v) is 16.4. The molecule has 0 spiro atoms. The van der Waals surface area contributed by atoms with Gasteiger partial charge in [0.2, 0.25) is 0 Å². The third kappa shape index (κ3) is 6.25. The Morgan fingerprint density at radius 2 is 0.698 bits per heavy atom. The van der Waals surface area contributed by atoms with Gasteiger partial charge in [-0.2, -0.15) is 0 Å². The number of nitrogens with zero attached hydrogens (tertiary/aromatic N) is 1. The van der Waals surface area contributed by atoms with E-state index in [4.69, 9.17) is 0 Å². The summed E-state index contributed by atoms with van der Waals surface area (Å²) in [6.07, 6.45) is 0. The van der Waals surface area contributed by atoms with Crippen LogP contribution in [0.4, 0.5) is 17.1 Å². The van der Waals surface area contributed by atoms with Crippen molar-refractivity contribution in [3.05, 3.63) is 249 Å². The Morgan fingerprint density at radius 3 is 1.46 bits per heavy atom. The lowest BCUT2D eigenvalue weighted by Gasteiger charge is -2.29. The Balaban J connectivity index is 1.07. The van der Waals surface area contributed by atoms with E-state index in [1.807, 2.05) is 0 Å². The van der Waals surface area contributed by atoms with Crippen molar-refractivity contribution in [2.24, 2.45) is 0 Å². The molecule has 0 aliphatic rings. The molecule has 0 saturated carbocycles. The fourth-order valence-electron chi connectivity index (χ4n) is 9.97. The number of para-hydroxylation sites is 1. The zero-order valence-corrected chi connectivity index (χ0v) is 34.6. The lowest BCUT2D eigenvalue weighted by Crippen LogP contribution is -2.11. The highest BCUT2D eigenvalue weighted by atomic mass is 15.1. The first-order valence-corrected chi connectivity index (χ1v) is 21.8. The molecule has 0 aliphatic heterocycles. The minimum atomic E-state index is 1.09. The van der Waals surface area contributed by atoms with Crippen LogP contribution in [0.5, 0.6) is 0 Å². The molecule has 1 heteroatoms. The third-order valence-electron chi connectivity index (χ3n) is 12.8. The van der Waals surface area contributed by atoms with Crippen molar-refractivity contribution in [3.8, 4) is 44.5 Å². The van der Waals surface area contributed by atoms with Crippen LogP contribution in [-0.2, 0) is 0 Å². The zero-order chi connectivity index (χ0) is 41.7. The van der Waals surface area contributed by atoms with Crippen LogP contribution in [0.3, 0.4) is 0 Å². The molecule has 0 fully saturated rings. The maximum Gasteiger partial charge on any atom is 0.0540 e. The number of hydrogen-bond acceptors (Lipinski definition) is 1. The van der Waals surface area contributed by atoms with E-state index < -0.39 is 0 Å². The van der Waals surface area contributed by atoms with Crippen molar-refractivity contribution < 1.29 is 0 Å². The highest BCUT2D eigenvalue weighted by Gasteiger charge is 2.22. The molecule has 1 nitrogen and oxygen atoms in total. The SMILES string of the molecule is c1ccc(-c2c(-c3ccccc3)c3cc(-c4ccccc4N(c4ccc(-c5cccc6c5ccc5ccccc56)cc4)c4cccc5ccccc45)ccc3c3ccccc23)cc1. The Kier molecular flexibility index (Phi) is 8.90. The van der Waals surface area contributed by atoms with Gasteiger partial charge in [0.15, 0.2) is 0 Å². The van der Waals surface area contributed by atoms with Gasteiger partial charge in [0.05, 0.1) is 11.4 Å². The van der Waals surface area contributed by atoms with E-state index in [1.54, 1.807) is 0 Å². The van der Waals surface area contributed by atoms with Crippen LogP contribution in [-0.4, -0.2) is 0 Å². The van der Waals surface area contributed by atoms with Crippen molar-refractivity contribution >= 4 is 70.9 Å². The molecule has 0 unspecified atom stereocenters. The average molecular weight is 800 g/mol. The van der Waals surface area contributed by atoms with Crippen molar-refractivity contribution in [1.82, 2.24) is 0 Å². The average Bonchev–Trinajstić information content (AvgIpc) is 3.36. The molecular formula is C62H41N. The second kappa shape index (κ2) is 15.3. The van der Waals surface area contributed by atoms with Crippen molar-refractivity contribution in [3.63, 3.8) is 0 Å². The van der Waals surface area contributed by atoms with Gasteiger partial charge in [0, 0.05) is 16.6 Å². The van der Waals surface area contributed by atoms with Gasteiger partial charge in [-0.1, -0.05) is 218 Å². The summed E-state index contributed by atoms with van der Waals surface area (Å²) < 4.78 is 0. The lowest BCUT2D eigenvalue weighted by molar-refractivity contribution is 1.30. The molecule has 294 valence electrons. The number of rotatable bonds is 7. The van der Waals surface area contributed by atoms with E-state index in [-0.39, 0.29) is 0 Å². The molecular weight excluding hydrogens is 759 g/mol. The summed E-state index contributed by atoms with van der Waals surface area (Å²) in [7, 11) is 0. The van der Waals surface area contributed by atoms with Gasteiger partial charge in [0.25, 0.3) is 0 Å². The fraction of sp³-hybridized carbons (Fsp3) is 0. The molecule has 12 rings (SSSR count). The van der Waals surface area contributed by atoms with Gasteiger partial charge in [0.1, 0.15) is 0 Å². The van der Waals surface area contributed by atoms with Gasteiger partial charge < -0.3 is 4.90 Å². The van der Waals surface area contributed by atoms with Gasteiger partial charge in [-0.05, 0) is 118 Å². The van der Waals surface area contributed by atoms with Gasteiger partial charge in [-0.15, -0.1) is 0 Å². The van der Waals surface area contributed by atoms with Crippen LogP contribution in [0, 0.1) is 0 Å². The molecule has 0 heterocycles. The maximum atomic E-state index is 2.45. The highest BCUT2D eigenvalue weighted by Crippen LogP contribution is 2.48. The maximum absolute atomic E-state index is 2.45. The lowest BCUT2D eigenvalue weighted by atomic mass is 9.84. The van der Waals surface area contributed by atoms with Crippen LogP contribution >= 0.6 is 0 Å². The van der Waals surface area contributed by atoms with E-state index in [9.17, 15) is 0 Å². The van der Waals surface area contributed by atoms with E-state index in [0.717, 1.165) is 28.2 Å². The molecule has 0 saturated heterocycles. The van der Waals surface area contributed by atoms with Crippen molar-refractivity contribution in [1.29, 1.82) is 0 Å². The third-order valence-corrected chi connectivity index (χ3v) is 12.8. The number of benzene rings is 12. The van der Waals surface area contributed by atoms with Gasteiger partial charge in [-0.3, -0.25) is 0 Å². The standard InChI is InChI=1S/C62H41N/c1-3-19-45(20-4-1)61-57-28-12-11-27-54(57)56-40-36-47(41-58(56)62(61)46-21-5-2-6-22-46)52-26-13-14-31-59(52)63(60-32-15-23-42-17-8-10-25-51(42)60)48-37-33-44(34-38-48)50-29-16-30-53-49-24-9-7-18-43(49)35-39-55(50)53/h1-41H. The summed E-state index contributed by atoms with van der Waals surface area (Å²) in [5.74, 6) is 0. The molecule has 0 bridgehead atoms. The summed E-state index contributed by atoms with van der Waals surface area (Å²) in [6.45, 7) is 0. The van der Waals surface area contributed by atoms with E-state index >= 15 is 0 Å². The first kappa shape index (κ1) is 36.6. The second-order valence-electron chi connectivity index (χ2n) is 16.4. The molecule has 0 aliphatic carbocycles. The Labute approximate surface area is 367 Å². The van der Waals surface area contributed by atoms with E-state index in [2.05, 4.69) is 254 Å². The number of anilines is 3. The topological polar surface area (TPSA) is 3.24 Å². The van der Waals surface area contributed by atoms with Crippen LogP contribution in [0.25, 0.3) is 98.4 Å². The molecule has 0 radical (unpaired) electrons. The summed E-state index contributed by atoms with van der Waals surface area (Å²) in [5.41, 5.74) is 13.0. The number of hydrogen-bond donors (Lipinski definition) is 0. The largest absolute Gasteiger partial charge is 0.309 e. The smallest absolute Gasteiger partial charge is 0.0540 e. The summed E-state index contributed by atoms with van der Waals surface area (Å²) in [5, 5.41) is 12.5. The summed E-state index contributed by atoms with van der Waals surface area (Å²) in [6, 6.07) is 91.1. The minimum absolute atomic E-state index is 1.09. The number of fused-ring (bicyclic) bond motifs is 7. The minimum Gasteiger partial charge on any atom is -0.309 e. The fourth-order valence-corrected chi connectivity index (χ4v) is 9.97. The van der Waals surface area contributed by atoms with Crippen LogP contribution in [0.15, 0.2) is 249 Å². The first-order valence-electron chi connectivity index (χ1n) is 21.8.